The van der Waals surface area contributed by atoms with E-state index in [9.17, 15) is 0 Å². The fraction of sp³-hybridized carbons (Fsp3) is 0.467. The van der Waals surface area contributed by atoms with Crippen LogP contribution in [0.25, 0.3) is 0 Å². The quantitative estimate of drug-likeness (QED) is 0.557. The molecule has 0 bridgehead atoms. The summed E-state index contributed by atoms with van der Waals surface area (Å²) in [6.07, 6.45) is 2.38. The number of guanidine groups is 2. The van der Waals surface area contributed by atoms with Crippen molar-refractivity contribution in [3.05, 3.63) is 24.3 Å². The summed E-state index contributed by atoms with van der Waals surface area (Å²) in [5.41, 5.74) is 16.7. The maximum absolute atomic E-state index is 5.84. The smallest absolute Gasteiger partial charge is 0.223 e. The topological polar surface area (TPSA) is 115 Å². The molecule has 1 aliphatic rings. The number of ether oxygens (including phenoxy) is 1. The molecular weight excluding hydrogens is 280 g/mol. The third kappa shape index (κ3) is 5.25. The Labute approximate surface area is 130 Å². The van der Waals surface area contributed by atoms with Gasteiger partial charge in [0.15, 0.2) is 5.96 Å². The summed E-state index contributed by atoms with van der Waals surface area (Å²) >= 11 is 0. The largest absolute Gasteiger partial charge is 0.493 e. The standard InChI is InChI=1S/C15H24N6O/c1-21-8-6-11(7-9-21)10-22-13-4-2-12(3-5-13)19-15(18)20-14(16)17/h2-5,11H,6-10H2,1H3,(H6,16,17,18,19,20). The van der Waals surface area contributed by atoms with Crippen LogP contribution in [0, 0.1) is 5.92 Å². The van der Waals surface area contributed by atoms with Gasteiger partial charge in [-0.25, -0.2) is 4.99 Å². The van der Waals surface area contributed by atoms with Gasteiger partial charge in [0, 0.05) is 0 Å². The molecule has 120 valence electrons. The lowest BCUT2D eigenvalue weighted by Gasteiger charge is -2.28. The number of hydrogen-bond donors (Lipinski definition) is 3. The summed E-state index contributed by atoms with van der Waals surface area (Å²) in [4.78, 5) is 10.1. The van der Waals surface area contributed by atoms with Crippen molar-refractivity contribution in [3.63, 3.8) is 0 Å². The van der Waals surface area contributed by atoms with E-state index < -0.39 is 0 Å². The number of aliphatic imine (C=N–C) groups is 2. The molecule has 1 saturated heterocycles. The highest BCUT2D eigenvalue weighted by Gasteiger charge is 2.16. The molecule has 1 heterocycles. The molecule has 0 aromatic heterocycles. The molecule has 1 aliphatic heterocycles. The van der Waals surface area contributed by atoms with Gasteiger partial charge in [-0.2, -0.15) is 4.99 Å². The van der Waals surface area contributed by atoms with Gasteiger partial charge in [-0.1, -0.05) is 0 Å². The Morgan fingerprint density at radius 2 is 1.82 bits per heavy atom. The lowest BCUT2D eigenvalue weighted by Crippen LogP contribution is -2.32. The van der Waals surface area contributed by atoms with Gasteiger partial charge in [0.25, 0.3) is 0 Å². The summed E-state index contributed by atoms with van der Waals surface area (Å²) in [6.45, 7) is 3.05. The first-order valence-electron chi connectivity index (χ1n) is 7.38. The van der Waals surface area contributed by atoms with Gasteiger partial charge in [-0.15, -0.1) is 0 Å². The predicted molar refractivity (Wildman–Crippen MR) is 89.3 cm³/mol. The van der Waals surface area contributed by atoms with Crippen LogP contribution < -0.4 is 21.9 Å². The van der Waals surface area contributed by atoms with Crippen molar-refractivity contribution in [2.75, 3.05) is 26.7 Å². The molecule has 0 atom stereocenters. The molecule has 6 N–H and O–H groups in total. The first-order chi connectivity index (χ1) is 10.5. The van der Waals surface area contributed by atoms with Crippen molar-refractivity contribution in [1.29, 1.82) is 0 Å². The lowest BCUT2D eigenvalue weighted by molar-refractivity contribution is 0.160. The van der Waals surface area contributed by atoms with Gasteiger partial charge in [0.2, 0.25) is 5.96 Å². The van der Waals surface area contributed by atoms with Crippen LogP contribution in [0.5, 0.6) is 5.75 Å². The fourth-order valence-corrected chi connectivity index (χ4v) is 2.35. The molecule has 22 heavy (non-hydrogen) atoms. The normalized spacial score (nSPS) is 17.2. The number of piperidine rings is 1. The molecule has 0 aliphatic carbocycles. The molecular formula is C15H24N6O. The Morgan fingerprint density at radius 1 is 1.18 bits per heavy atom. The molecule has 7 nitrogen and oxygen atoms in total. The molecule has 0 radical (unpaired) electrons. The zero-order valence-electron chi connectivity index (χ0n) is 12.9. The number of hydrogen-bond acceptors (Lipinski definition) is 3. The van der Waals surface area contributed by atoms with Crippen molar-refractivity contribution >= 4 is 17.6 Å². The molecule has 1 aromatic rings. The maximum Gasteiger partial charge on any atom is 0.223 e. The summed E-state index contributed by atoms with van der Waals surface area (Å²) < 4.78 is 5.84. The second-order valence-corrected chi connectivity index (χ2v) is 5.56. The van der Waals surface area contributed by atoms with E-state index in [0.29, 0.717) is 11.6 Å². The van der Waals surface area contributed by atoms with Crippen molar-refractivity contribution in [3.8, 4) is 5.75 Å². The van der Waals surface area contributed by atoms with Gasteiger partial charge < -0.3 is 26.8 Å². The van der Waals surface area contributed by atoms with Crippen LogP contribution in [0.15, 0.2) is 34.3 Å². The van der Waals surface area contributed by atoms with Gasteiger partial charge in [-0.3, -0.25) is 0 Å². The molecule has 0 saturated carbocycles. The molecule has 2 rings (SSSR count). The van der Waals surface area contributed by atoms with E-state index in [-0.39, 0.29) is 11.9 Å². The van der Waals surface area contributed by atoms with Crippen LogP contribution in [-0.4, -0.2) is 43.6 Å². The van der Waals surface area contributed by atoms with Crippen LogP contribution in [0.3, 0.4) is 0 Å². The van der Waals surface area contributed by atoms with E-state index in [4.69, 9.17) is 21.9 Å². The number of likely N-dealkylation sites (tertiary alicyclic amines) is 1. The minimum absolute atomic E-state index is 0.0278. The molecule has 7 heteroatoms. The van der Waals surface area contributed by atoms with E-state index in [2.05, 4.69) is 21.9 Å². The summed E-state index contributed by atoms with van der Waals surface area (Å²) in [5, 5.41) is 0. The molecule has 1 aromatic carbocycles. The second-order valence-electron chi connectivity index (χ2n) is 5.56. The maximum atomic E-state index is 5.84. The van der Waals surface area contributed by atoms with Gasteiger partial charge >= 0.3 is 0 Å². The van der Waals surface area contributed by atoms with Crippen LogP contribution in [-0.2, 0) is 0 Å². The number of rotatable bonds is 4. The second kappa shape index (κ2) is 7.65. The van der Waals surface area contributed by atoms with Crippen molar-refractivity contribution < 1.29 is 4.74 Å². The van der Waals surface area contributed by atoms with E-state index in [0.717, 1.165) is 25.4 Å². The van der Waals surface area contributed by atoms with Gasteiger partial charge in [0.05, 0.1) is 12.3 Å². The highest BCUT2D eigenvalue weighted by molar-refractivity contribution is 5.93. The third-order valence-corrected chi connectivity index (χ3v) is 3.65. The monoisotopic (exact) mass is 304 g/mol. The Bertz CT molecular complexity index is 527. The number of benzene rings is 1. The van der Waals surface area contributed by atoms with E-state index in [1.807, 2.05) is 24.3 Å². The van der Waals surface area contributed by atoms with Crippen molar-refractivity contribution in [2.45, 2.75) is 12.8 Å². The highest BCUT2D eigenvalue weighted by atomic mass is 16.5. The van der Waals surface area contributed by atoms with Gasteiger partial charge in [-0.05, 0) is 63.2 Å². The Kier molecular flexibility index (Phi) is 5.60. The Hall–Kier alpha value is -2.28. The molecule has 1 fully saturated rings. The van der Waals surface area contributed by atoms with Crippen molar-refractivity contribution in [1.82, 2.24) is 4.90 Å². The minimum atomic E-state index is -0.112. The third-order valence-electron chi connectivity index (χ3n) is 3.65. The van der Waals surface area contributed by atoms with E-state index in [1.165, 1.54) is 12.8 Å². The minimum Gasteiger partial charge on any atom is -0.493 e. The van der Waals surface area contributed by atoms with Crippen LogP contribution >= 0.6 is 0 Å². The average molecular weight is 304 g/mol. The summed E-state index contributed by atoms with van der Waals surface area (Å²) in [5.74, 6) is 1.38. The lowest BCUT2D eigenvalue weighted by atomic mass is 9.98. The first kappa shape index (κ1) is 16.1. The molecule has 0 spiro atoms. The fourth-order valence-electron chi connectivity index (χ4n) is 2.35. The Morgan fingerprint density at radius 3 is 2.41 bits per heavy atom. The number of nitrogens with two attached hydrogens (primary N) is 3. The summed E-state index contributed by atoms with van der Waals surface area (Å²) in [7, 11) is 2.16. The molecule has 0 amide bonds. The average Bonchev–Trinajstić information content (AvgIpc) is 2.47. The SMILES string of the molecule is CN1CCC(COc2ccc(N=C(N)N=C(N)N)cc2)CC1. The van der Waals surface area contributed by atoms with Gasteiger partial charge in [0.1, 0.15) is 5.75 Å². The van der Waals surface area contributed by atoms with E-state index >= 15 is 0 Å². The zero-order chi connectivity index (χ0) is 15.9. The van der Waals surface area contributed by atoms with Crippen molar-refractivity contribution in [2.24, 2.45) is 33.1 Å². The van der Waals surface area contributed by atoms with Crippen LogP contribution in [0.2, 0.25) is 0 Å². The highest BCUT2D eigenvalue weighted by Crippen LogP contribution is 2.21. The van der Waals surface area contributed by atoms with Crippen LogP contribution in [0.1, 0.15) is 12.8 Å². The number of nitrogens with zero attached hydrogens (tertiary/aromatic N) is 3. The zero-order valence-corrected chi connectivity index (χ0v) is 12.9. The summed E-state index contributed by atoms with van der Waals surface area (Å²) in [6, 6.07) is 7.38. The van der Waals surface area contributed by atoms with Crippen LogP contribution in [0.4, 0.5) is 5.69 Å². The Balaban J connectivity index is 1.85. The molecule has 0 unspecified atom stereocenters. The first-order valence-corrected chi connectivity index (χ1v) is 7.38. The van der Waals surface area contributed by atoms with E-state index in [1.54, 1.807) is 0 Å². The predicted octanol–water partition coefficient (Wildman–Crippen LogP) is 0.627.